The van der Waals surface area contributed by atoms with Crippen molar-refractivity contribution in [2.24, 2.45) is 4.99 Å². The predicted molar refractivity (Wildman–Crippen MR) is 103 cm³/mol. The molecule has 0 bridgehead atoms. The number of para-hydroxylation sites is 2. The summed E-state index contributed by atoms with van der Waals surface area (Å²) in [6.07, 6.45) is 1.98. The van der Waals surface area contributed by atoms with Crippen molar-refractivity contribution in [1.82, 2.24) is 0 Å². The maximum atomic E-state index is 6.18. The molecule has 2 rings (SSSR count). The summed E-state index contributed by atoms with van der Waals surface area (Å²) in [5, 5.41) is 4.43. The number of halogens is 2. The second-order valence-electron chi connectivity index (χ2n) is 5.54. The number of aliphatic imine (C=N–C) groups is 1. The molecule has 0 saturated carbocycles. The number of anilines is 1. The molecular weight excluding hydrogens is 327 g/mol. The van der Waals surface area contributed by atoms with E-state index in [9.17, 15) is 0 Å². The summed E-state index contributed by atoms with van der Waals surface area (Å²) in [5.41, 5.74) is 5.90. The predicted octanol–water partition coefficient (Wildman–Crippen LogP) is 6.72. The molecule has 0 aliphatic heterocycles. The van der Waals surface area contributed by atoms with E-state index in [0.29, 0.717) is 15.7 Å². The summed E-state index contributed by atoms with van der Waals surface area (Å²) in [5.74, 6) is 0. The summed E-state index contributed by atoms with van der Waals surface area (Å²) in [6, 6.07) is 11.6. The zero-order valence-corrected chi connectivity index (χ0v) is 15.3. The molecule has 120 valence electrons. The lowest BCUT2D eigenvalue weighted by Gasteiger charge is -2.11. The molecule has 23 heavy (non-hydrogen) atoms. The van der Waals surface area contributed by atoms with Gasteiger partial charge in [-0.05, 0) is 57.0 Å². The Hall–Kier alpha value is -1.77. The van der Waals surface area contributed by atoms with Gasteiger partial charge in [0.1, 0.15) is 0 Å². The van der Waals surface area contributed by atoms with Crippen LogP contribution in [0.2, 0.25) is 10.0 Å². The minimum atomic E-state index is 0.592. The minimum Gasteiger partial charge on any atom is -0.357 e. The summed E-state index contributed by atoms with van der Waals surface area (Å²) in [4.78, 5) is 4.72. The van der Waals surface area contributed by atoms with Crippen LogP contribution in [0, 0.1) is 13.8 Å². The van der Waals surface area contributed by atoms with Crippen molar-refractivity contribution >= 4 is 40.3 Å². The van der Waals surface area contributed by atoms with Gasteiger partial charge in [-0.15, -0.1) is 0 Å². The van der Waals surface area contributed by atoms with E-state index in [1.807, 2.05) is 32.1 Å². The Morgan fingerprint density at radius 3 is 2.04 bits per heavy atom. The average molecular weight is 347 g/mol. The van der Waals surface area contributed by atoms with Gasteiger partial charge in [-0.25, -0.2) is 0 Å². The molecule has 0 aliphatic rings. The Bertz CT molecular complexity index is 736. The Morgan fingerprint density at radius 1 is 0.957 bits per heavy atom. The fourth-order valence-electron chi connectivity index (χ4n) is 2.35. The summed E-state index contributed by atoms with van der Waals surface area (Å²) < 4.78 is 0. The quantitative estimate of drug-likeness (QED) is 0.610. The number of aryl methyl sites for hydroxylation is 2. The van der Waals surface area contributed by atoms with Crippen molar-refractivity contribution in [3.63, 3.8) is 0 Å². The molecule has 0 unspecified atom stereocenters. The van der Waals surface area contributed by atoms with Crippen molar-refractivity contribution in [3.8, 4) is 0 Å². The monoisotopic (exact) mass is 346 g/mol. The Labute approximate surface area is 147 Å². The maximum Gasteiger partial charge on any atom is 0.0760 e. The third kappa shape index (κ3) is 4.60. The van der Waals surface area contributed by atoms with Crippen LogP contribution in [-0.4, -0.2) is 5.71 Å². The fourth-order valence-corrected chi connectivity index (χ4v) is 2.85. The van der Waals surface area contributed by atoms with Crippen molar-refractivity contribution in [1.29, 1.82) is 0 Å². The van der Waals surface area contributed by atoms with Crippen LogP contribution in [0.1, 0.15) is 25.0 Å². The second kappa shape index (κ2) is 7.67. The molecule has 0 aromatic heterocycles. The number of nitrogens with one attached hydrogen (secondary N) is 1. The van der Waals surface area contributed by atoms with Crippen molar-refractivity contribution in [2.45, 2.75) is 27.7 Å². The molecule has 0 atom stereocenters. The number of rotatable bonds is 4. The van der Waals surface area contributed by atoms with Crippen LogP contribution in [0.5, 0.6) is 0 Å². The largest absolute Gasteiger partial charge is 0.357 e. The van der Waals surface area contributed by atoms with E-state index in [-0.39, 0.29) is 0 Å². The first-order valence-electron chi connectivity index (χ1n) is 7.39. The summed E-state index contributed by atoms with van der Waals surface area (Å²) in [7, 11) is 0. The van der Waals surface area contributed by atoms with Crippen LogP contribution in [0.25, 0.3) is 0 Å². The number of hydrogen-bond donors (Lipinski definition) is 1. The van der Waals surface area contributed by atoms with E-state index in [4.69, 9.17) is 28.2 Å². The lowest BCUT2D eigenvalue weighted by Crippen LogP contribution is -2.00. The van der Waals surface area contributed by atoms with E-state index in [2.05, 4.69) is 31.3 Å². The fraction of sp³-hybridized carbons (Fsp3) is 0.211. The highest BCUT2D eigenvalue weighted by molar-refractivity contribution is 6.39. The van der Waals surface area contributed by atoms with Gasteiger partial charge in [-0.2, -0.15) is 0 Å². The van der Waals surface area contributed by atoms with Gasteiger partial charge in [0.05, 0.1) is 21.4 Å². The van der Waals surface area contributed by atoms with E-state index in [1.54, 1.807) is 12.1 Å². The van der Waals surface area contributed by atoms with Crippen LogP contribution in [0.3, 0.4) is 0 Å². The van der Waals surface area contributed by atoms with Gasteiger partial charge in [0.15, 0.2) is 0 Å². The molecule has 2 aromatic carbocycles. The van der Waals surface area contributed by atoms with Crippen molar-refractivity contribution < 1.29 is 0 Å². The molecule has 4 heteroatoms. The topological polar surface area (TPSA) is 24.4 Å². The first-order valence-corrected chi connectivity index (χ1v) is 8.15. The first kappa shape index (κ1) is 17.6. The Balaban J connectivity index is 2.25. The van der Waals surface area contributed by atoms with Gasteiger partial charge in [-0.1, -0.05) is 47.5 Å². The Kier molecular flexibility index (Phi) is 5.86. The standard InChI is InChI=1S/C19H20Cl2N2/c1-12-7-5-8-13(2)18(12)22-14(3)11-15(4)23-19-16(20)9-6-10-17(19)21/h5-11,23H,1-4H3. The average Bonchev–Trinajstić information content (AvgIpc) is 2.47. The molecule has 0 amide bonds. The summed E-state index contributed by atoms with van der Waals surface area (Å²) >= 11 is 12.4. The molecule has 0 radical (unpaired) electrons. The van der Waals surface area contributed by atoms with Crippen LogP contribution in [0.15, 0.2) is 53.2 Å². The van der Waals surface area contributed by atoms with Gasteiger partial charge in [-0.3, -0.25) is 4.99 Å². The zero-order chi connectivity index (χ0) is 17.0. The van der Waals surface area contributed by atoms with Crippen LogP contribution >= 0.6 is 23.2 Å². The lowest BCUT2D eigenvalue weighted by atomic mass is 10.1. The van der Waals surface area contributed by atoms with E-state index in [0.717, 1.165) is 28.2 Å². The molecular formula is C19H20Cl2N2. The molecule has 2 aromatic rings. The number of hydrogen-bond acceptors (Lipinski definition) is 2. The van der Waals surface area contributed by atoms with E-state index in [1.165, 1.54) is 0 Å². The van der Waals surface area contributed by atoms with Gasteiger partial charge < -0.3 is 5.32 Å². The van der Waals surface area contributed by atoms with Gasteiger partial charge >= 0.3 is 0 Å². The highest BCUT2D eigenvalue weighted by atomic mass is 35.5. The molecule has 2 nitrogen and oxygen atoms in total. The minimum absolute atomic E-state index is 0.592. The first-order chi connectivity index (χ1) is 10.9. The third-order valence-electron chi connectivity index (χ3n) is 3.44. The van der Waals surface area contributed by atoms with E-state index >= 15 is 0 Å². The number of benzene rings is 2. The molecule has 1 N–H and O–H groups in total. The second-order valence-corrected chi connectivity index (χ2v) is 6.36. The smallest absolute Gasteiger partial charge is 0.0760 e. The summed E-state index contributed by atoms with van der Waals surface area (Å²) in [6.45, 7) is 8.07. The molecule has 0 heterocycles. The number of allylic oxidation sites excluding steroid dienone is 2. The lowest BCUT2D eigenvalue weighted by molar-refractivity contribution is 1.32. The highest BCUT2D eigenvalue weighted by Gasteiger charge is 2.05. The van der Waals surface area contributed by atoms with Crippen LogP contribution < -0.4 is 5.32 Å². The molecule has 0 spiro atoms. The van der Waals surface area contributed by atoms with Crippen molar-refractivity contribution in [3.05, 3.63) is 69.3 Å². The van der Waals surface area contributed by atoms with Gasteiger partial charge in [0, 0.05) is 11.4 Å². The zero-order valence-electron chi connectivity index (χ0n) is 13.7. The van der Waals surface area contributed by atoms with Crippen LogP contribution in [-0.2, 0) is 0 Å². The molecule has 0 saturated heterocycles. The molecule has 0 aliphatic carbocycles. The normalized spacial score (nSPS) is 12.4. The highest BCUT2D eigenvalue weighted by Crippen LogP contribution is 2.31. The third-order valence-corrected chi connectivity index (χ3v) is 4.07. The maximum absolute atomic E-state index is 6.18. The molecule has 0 fully saturated rings. The van der Waals surface area contributed by atoms with Crippen LogP contribution in [0.4, 0.5) is 11.4 Å². The van der Waals surface area contributed by atoms with Gasteiger partial charge in [0.2, 0.25) is 0 Å². The number of nitrogens with zero attached hydrogens (tertiary/aromatic N) is 1. The Morgan fingerprint density at radius 2 is 1.48 bits per heavy atom. The van der Waals surface area contributed by atoms with Crippen molar-refractivity contribution in [2.75, 3.05) is 5.32 Å². The SMILES string of the molecule is CC(=CC(C)=Nc1c(C)cccc1C)Nc1c(Cl)cccc1Cl. The van der Waals surface area contributed by atoms with E-state index < -0.39 is 0 Å². The van der Waals surface area contributed by atoms with Gasteiger partial charge in [0.25, 0.3) is 0 Å².